The molecule has 0 unspecified atom stereocenters. The van der Waals surface area contributed by atoms with Gasteiger partial charge in [-0.1, -0.05) is 50.7 Å². The Kier molecular flexibility index (Phi) is 3.53. The lowest BCUT2D eigenvalue weighted by Crippen LogP contribution is -2.10. The van der Waals surface area contributed by atoms with Crippen LogP contribution in [-0.4, -0.2) is 4.98 Å². The molecule has 0 aliphatic rings. The van der Waals surface area contributed by atoms with E-state index in [9.17, 15) is 0 Å². The predicted molar refractivity (Wildman–Crippen MR) is 73.5 cm³/mol. The molecule has 1 heterocycles. The summed E-state index contributed by atoms with van der Waals surface area (Å²) in [4.78, 5) is 5.58. The lowest BCUT2D eigenvalue weighted by atomic mass is 9.87. The van der Waals surface area contributed by atoms with Gasteiger partial charge in [0.1, 0.15) is 5.03 Å². The normalized spacial score (nSPS) is 11.5. The Balaban J connectivity index is 2.23. The largest absolute Gasteiger partial charge is 0.250 e. The monoisotopic (exact) mass is 243 g/mol. The first kappa shape index (κ1) is 12.2. The summed E-state index contributed by atoms with van der Waals surface area (Å²) in [6, 6.07) is 14.7. The first-order chi connectivity index (χ1) is 8.05. The van der Waals surface area contributed by atoms with Crippen molar-refractivity contribution < 1.29 is 0 Å². The van der Waals surface area contributed by atoms with Crippen molar-refractivity contribution in [2.24, 2.45) is 0 Å². The number of pyridine rings is 1. The molecule has 0 saturated heterocycles. The van der Waals surface area contributed by atoms with E-state index in [0.717, 1.165) is 5.03 Å². The molecule has 2 aromatic rings. The maximum atomic E-state index is 4.33. The van der Waals surface area contributed by atoms with Gasteiger partial charge in [0, 0.05) is 11.1 Å². The third-order valence-electron chi connectivity index (χ3n) is 2.56. The van der Waals surface area contributed by atoms with Crippen LogP contribution in [0, 0.1) is 0 Å². The van der Waals surface area contributed by atoms with Gasteiger partial charge < -0.3 is 0 Å². The van der Waals surface area contributed by atoms with Gasteiger partial charge in [0.2, 0.25) is 0 Å². The SMILES string of the molecule is CC(C)(C)c1cccc(Sc2ccccn2)c1. The van der Waals surface area contributed by atoms with Crippen molar-refractivity contribution in [1.29, 1.82) is 0 Å². The first-order valence-electron chi connectivity index (χ1n) is 5.75. The van der Waals surface area contributed by atoms with Crippen LogP contribution >= 0.6 is 11.8 Å². The van der Waals surface area contributed by atoms with E-state index in [4.69, 9.17) is 0 Å². The van der Waals surface area contributed by atoms with Crippen molar-refractivity contribution in [3.63, 3.8) is 0 Å². The molecule has 0 saturated carbocycles. The molecule has 17 heavy (non-hydrogen) atoms. The van der Waals surface area contributed by atoms with Gasteiger partial charge >= 0.3 is 0 Å². The Morgan fingerprint density at radius 2 is 1.82 bits per heavy atom. The summed E-state index contributed by atoms with van der Waals surface area (Å²) < 4.78 is 0. The molecular weight excluding hydrogens is 226 g/mol. The van der Waals surface area contributed by atoms with Gasteiger partial charge in [-0.2, -0.15) is 0 Å². The van der Waals surface area contributed by atoms with E-state index in [1.54, 1.807) is 11.8 Å². The summed E-state index contributed by atoms with van der Waals surface area (Å²) >= 11 is 1.71. The molecule has 88 valence electrons. The lowest BCUT2D eigenvalue weighted by molar-refractivity contribution is 0.588. The number of hydrogen-bond donors (Lipinski definition) is 0. The zero-order valence-electron chi connectivity index (χ0n) is 10.5. The molecule has 0 N–H and O–H groups in total. The van der Waals surface area contributed by atoms with E-state index in [0.29, 0.717) is 0 Å². The Morgan fingerprint density at radius 1 is 1.00 bits per heavy atom. The van der Waals surface area contributed by atoms with Crippen LogP contribution in [0.2, 0.25) is 0 Å². The molecule has 0 aliphatic heterocycles. The van der Waals surface area contributed by atoms with Crippen molar-refractivity contribution in [3.8, 4) is 0 Å². The van der Waals surface area contributed by atoms with Crippen LogP contribution in [0.3, 0.4) is 0 Å². The van der Waals surface area contributed by atoms with Gasteiger partial charge in [-0.15, -0.1) is 0 Å². The second kappa shape index (κ2) is 4.92. The topological polar surface area (TPSA) is 12.9 Å². The molecule has 0 bridgehead atoms. The smallest absolute Gasteiger partial charge is 0.101 e. The molecule has 1 nitrogen and oxygen atoms in total. The van der Waals surface area contributed by atoms with E-state index in [1.165, 1.54) is 10.5 Å². The third-order valence-corrected chi connectivity index (χ3v) is 3.50. The zero-order chi connectivity index (χ0) is 12.3. The first-order valence-corrected chi connectivity index (χ1v) is 6.57. The minimum absolute atomic E-state index is 0.195. The fourth-order valence-electron chi connectivity index (χ4n) is 1.55. The van der Waals surface area contributed by atoms with Crippen LogP contribution < -0.4 is 0 Å². The van der Waals surface area contributed by atoms with Gasteiger partial charge in [0.15, 0.2) is 0 Å². The fraction of sp³-hybridized carbons (Fsp3) is 0.267. The number of aromatic nitrogens is 1. The van der Waals surface area contributed by atoms with Crippen LogP contribution in [-0.2, 0) is 5.41 Å². The summed E-state index contributed by atoms with van der Waals surface area (Å²) in [5.74, 6) is 0. The van der Waals surface area contributed by atoms with Gasteiger partial charge in [-0.05, 0) is 35.2 Å². The molecule has 0 spiro atoms. The van der Waals surface area contributed by atoms with E-state index in [2.05, 4.69) is 50.0 Å². The maximum Gasteiger partial charge on any atom is 0.101 e. The van der Waals surface area contributed by atoms with Crippen LogP contribution in [0.4, 0.5) is 0 Å². The average molecular weight is 243 g/mol. The molecule has 0 atom stereocenters. The fourth-order valence-corrected chi connectivity index (χ4v) is 2.39. The molecule has 1 aromatic heterocycles. The standard InChI is InChI=1S/C15H17NS/c1-15(2,3)12-7-6-8-13(11-12)17-14-9-4-5-10-16-14/h4-11H,1-3H3. The summed E-state index contributed by atoms with van der Waals surface area (Å²) in [7, 11) is 0. The quantitative estimate of drug-likeness (QED) is 0.768. The summed E-state index contributed by atoms with van der Waals surface area (Å²) in [5.41, 5.74) is 1.55. The van der Waals surface area contributed by atoms with E-state index in [1.807, 2.05) is 24.4 Å². The van der Waals surface area contributed by atoms with E-state index < -0.39 is 0 Å². The van der Waals surface area contributed by atoms with Crippen molar-refractivity contribution in [3.05, 3.63) is 54.2 Å². The minimum Gasteiger partial charge on any atom is -0.250 e. The lowest BCUT2D eigenvalue weighted by Gasteiger charge is -2.19. The summed E-state index contributed by atoms with van der Waals surface area (Å²) in [6.45, 7) is 6.70. The Morgan fingerprint density at radius 3 is 2.47 bits per heavy atom. The second-order valence-corrected chi connectivity index (χ2v) is 6.14. The number of nitrogens with zero attached hydrogens (tertiary/aromatic N) is 1. The van der Waals surface area contributed by atoms with Gasteiger partial charge in [0.25, 0.3) is 0 Å². The van der Waals surface area contributed by atoms with Crippen LogP contribution in [0.5, 0.6) is 0 Å². The molecule has 2 heteroatoms. The van der Waals surface area contributed by atoms with Crippen molar-refractivity contribution in [1.82, 2.24) is 4.98 Å². The average Bonchev–Trinajstić information content (AvgIpc) is 2.29. The van der Waals surface area contributed by atoms with Crippen LogP contribution in [0.1, 0.15) is 26.3 Å². The number of hydrogen-bond acceptors (Lipinski definition) is 2. The number of benzene rings is 1. The highest BCUT2D eigenvalue weighted by atomic mass is 32.2. The Labute approximate surface area is 107 Å². The molecule has 1 aromatic carbocycles. The summed E-state index contributed by atoms with van der Waals surface area (Å²) in [6.07, 6.45) is 1.83. The molecule has 0 radical (unpaired) electrons. The molecule has 0 aliphatic carbocycles. The molecule has 2 rings (SSSR count). The van der Waals surface area contributed by atoms with Gasteiger partial charge in [0.05, 0.1) is 0 Å². The van der Waals surface area contributed by atoms with E-state index in [-0.39, 0.29) is 5.41 Å². The van der Waals surface area contributed by atoms with Gasteiger partial charge in [-0.3, -0.25) is 0 Å². The maximum absolute atomic E-state index is 4.33. The predicted octanol–water partition coefficient (Wildman–Crippen LogP) is 4.53. The van der Waals surface area contributed by atoms with Crippen molar-refractivity contribution in [2.45, 2.75) is 36.1 Å². The molecular formula is C15H17NS. The van der Waals surface area contributed by atoms with Crippen molar-refractivity contribution in [2.75, 3.05) is 0 Å². The van der Waals surface area contributed by atoms with E-state index >= 15 is 0 Å². The Bertz CT molecular complexity index is 486. The van der Waals surface area contributed by atoms with Gasteiger partial charge in [-0.25, -0.2) is 4.98 Å². The second-order valence-electron chi connectivity index (χ2n) is 5.05. The third kappa shape index (κ3) is 3.34. The molecule has 0 amide bonds. The highest BCUT2D eigenvalue weighted by Crippen LogP contribution is 2.30. The van der Waals surface area contributed by atoms with Crippen molar-refractivity contribution >= 4 is 11.8 Å². The molecule has 0 fully saturated rings. The highest BCUT2D eigenvalue weighted by Gasteiger charge is 2.13. The summed E-state index contributed by atoms with van der Waals surface area (Å²) in [5, 5.41) is 1.04. The van der Waals surface area contributed by atoms with Crippen LogP contribution in [0.15, 0.2) is 58.6 Å². The number of rotatable bonds is 2. The minimum atomic E-state index is 0.195. The van der Waals surface area contributed by atoms with Crippen LogP contribution in [0.25, 0.3) is 0 Å². The zero-order valence-corrected chi connectivity index (χ0v) is 11.3. The highest BCUT2D eigenvalue weighted by molar-refractivity contribution is 7.99. The Hall–Kier alpha value is -1.28.